The van der Waals surface area contributed by atoms with E-state index in [1.54, 1.807) is 0 Å². The van der Waals surface area contributed by atoms with Gasteiger partial charge in [-0.3, -0.25) is 0 Å². The molecule has 1 aromatic carbocycles. The summed E-state index contributed by atoms with van der Waals surface area (Å²) in [6.07, 6.45) is -7.37. The van der Waals surface area contributed by atoms with Gasteiger partial charge >= 0.3 is 11.9 Å². The largest absolute Gasteiger partial charge is 0.504 e. The van der Waals surface area contributed by atoms with Gasteiger partial charge in [0.15, 0.2) is 23.9 Å². The SMILES string of the molecule is COC(=O)[C@H]1O[C@@H](OCC(O)COC(=O)/C=C/c2ccc(O)c(O)c2)[C@H](O)[C@@H](O)[C@@H]1O. The predicted molar refractivity (Wildman–Crippen MR) is 100 cm³/mol. The highest BCUT2D eigenvalue weighted by molar-refractivity contribution is 5.87. The number of carbonyl (C=O) groups is 2. The highest BCUT2D eigenvalue weighted by atomic mass is 16.7. The first kappa shape index (κ1) is 24.5. The molecule has 6 atom stereocenters. The molecule has 2 rings (SSSR count). The van der Waals surface area contributed by atoms with Crippen LogP contribution < -0.4 is 0 Å². The summed E-state index contributed by atoms with van der Waals surface area (Å²) in [7, 11) is 1.04. The monoisotopic (exact) mass is 444 g/mol. The van der Waals surface area contributed by atoms with E-state index in [1.165, 1.54) is 24.3 Å². The minimum absolute atomic E-state index is 0.310. The molecule has 1 aliphatic heterocycles. The van der Waals surface area contributed by atoms with Gasteiger partial charge in [0.1, 0.15) is 31.0 Å². The number of ether oxygens (including phenoxy) is 4. The number of aromatic hydroxyl groups is 2. The number of aliphatic hydroxyl groups is 4. The van der Waals surface area contributed by atoms with Crippen molar-refractivity contribution >= 4 is 18.0 Å². The fourth-order valence-corrected chi connectivity index (χ4v) is 2.59. The lowest BCUT2D eigenvalue weighted by Crippen LogP contribution is -2.60. The number of esters is 2. The summed E-state index contributed by atoms with van der Waals surface area (Å²) < 4.78 is 19.5. The number of carbonyl (C=O) groups excluding carboxylic acids is 2. The van der Waals surface area contributed by atoms with E-state index in [2.05, 4.69) is 4.74 Å². The summed E-state index contributed by atoms with van der Waals surface area (Å²) in [6, 6.07) is 3.91. The number of phenolic OH excluding ortho intramolecular Hbond substituents is 2. The van der Waals surface area contributed by atoms with Crippen molar-refractivity contribution in [1.82, 2.24) is 0 Å². The van der Waals surface area contributed by atoms with Crippen molar-refractivity contribution in [1.29, 1.82) is 0 Å². The lowest BCUT2D eigenvalue weighted by atomic mass is 9.99. The van der Waals surface area contributed by atoms with Crippen LogP contribution in [0, 0.1) is 0 Å². The summed E-state index contributed by atoms with van der Waals surface area (Å²) in [4.78, 5) is 23.3. The van der Waals surface area contributed by atoms with Crippen molar-refractivity contribution < 1.29 is 59.2 Å². The fourth-order valence-electron chi connectivity index (χ4n) is 2.59. The highest BCUT2D eigenvalue weighted by Crippen LogP contribution is 2.25. The van der Waals surface area contributed by atoms with Gasteiger partial charge < -0.3 is 49.6 Å². The van der Waals surface area contributed by atoms with Crippen LogP contribution in [0.5, 0.6) is 11.5 Å². The molecular weight excluding hydrogens is 420 g/mol. The predicted octanol–water partition coefficient (Wildman–Crippen LogP) is -1.99. The van der Waals surface area contributed by atoms with Crippen LogP contribution in [0.3, 0.4) is 0 Å². The lowest BCUT2D eigenvalue weighted by Gasteiger charge is -2.39. The Labute approximate surface area is 176 Å². The topological polar surface area (TPSA) is 192 Å². The second kappa shape index (κ2) is 11.0. The molecule has 1 aliphatic rings. The van der Waals surface area contributed by atoms with Gasteiger partial charge in [0.2, 0.25) is 0 Å². The zero-order valence-corrected chi connectivity index (χ0v) is 16.4. The van der Waals surface area contributed by atoms with E-state index in [9.17, 15) is 40.2 Å². The smallest absolute Gasteiger partial charge is 0.337 e. The third-order valence-corrected chi connectivity index (χ3v) is 4.29. The molecule has 1 unspecified atom stereocenters. The average molecular weight is 444 g/mol. The van der Waals surface area contributed by atoms with E-state index >= 15 is 0 Å². The Morgan fingerprint density at radius 1 is 1.10 bits per heavy atom. The molecule has 0 aliphatic carbocycles. The number of methoxy groups -OCH3 is 1. The molecule has 0 spiro atoms. The first-order valence-corrected chi connectivity index (χ1v) is 9.08. The first-order valence-electron chi connectivity index (χ1n) is 9.08. The number of aliphatic hydroxyl groups excluding tert-OH is 4. The fraction of sp³-hybridized carbons (Fsp3) is 0.474. The molecule has 1 fully saturated rings. The van der Waals surface area contributed by atoms with Crippen molar-refractivity contribution in [2.75, 3.05) is 20.3 Å². The number of hydrogen-bond acceptors (Lipinski definition) is 12. The van der Waals surface area contributed by atoms with Crippen LogP contribution in [-0.2, 0) is 28.5 Å². The Bertz CT molecular complexity index is 794. The molecule has 31 heavy (non-hydrogen) atoms. The van der Waals surface area contributed by atoms with Gasteiger partial charge in [-0.1, -0.05) is 6.07 Å². The van der Waals surface area contributed by atoms with E-state index in [0.717, 1.165) is 13.2 Å². The molecule has 0 saturated carbocycles. The van der Waals surface area contributed by atoms with Gasteiger partial charge in [-0.25, -0.2) is 9.59 Å². The van der Waals surface area contributed by atoms with Crippen molar-refractivity contribution in [2.45, 2.75) is 36.8 Å². The van der Waals surface area contributed by atoms with Crippen LogP contribution in [0.1, 0.15) is 5.56 Å². The van der Waals surface area contributed by atoms with Crippen LogP contribution in [0.4, 0.5) is 0 Å². The normalized spacial score (nSPS) is 27.1. The number of rotatable bonds is 8. The molecule has 1 aromatic rings. The second-order valence-electron chi connectivity index (χ2n) is 6.62. The van der Waals surface area contributed by atoms with E-state index in [-0.39, 0.29) is 11.5 Å². The Hall–Kier alpha value is -2.74. The van der Waals surface area contributed by atoms with Gasteiger partial charge in [0.05, 0.1) is 13.7 Å². The van der Waals surface area contributed by atoms with E-state index < -0.39 is 62.0 Å². The Kier molecular flexibility index (Phi) is 8.74. The minimum atomic E-state index is -1.76. The number of hydrogen-bond donors (Lipinski definition) is 6. The van der Waals surface area contributed by atoms with Gasteiger partial charge in [-0.05, 0) is 23.8 Å². The van der Waals surface area contributed by atoms with Gasteiger partial charge in [-0.2, -0.15) is 0 Å². The standard InChI is InChI=1S/C19H24O12/c1-28-18(27)17-15(25)14(24)16(26)19(31-17)30-8-10(20)7-29-13(23)5-3-9-2-4-11(21)12(22)6-9/h2-6,10,14-17,19-22,24-26H,7-8H2,1H3/b5-3+/t10?,14-,15-,16+,17-,19+/m0/s1. The summed E-state index contributed by atoms with van der Waals surface area (Å²) in [5.74, 6) is -2.47. The highest BCUT2D eigenvalue weighted by Gasteiger charge is 2.48. The van der Waals surface area contributed by atoms with E-state index in [1.807, 2.05) is 0 Å². The Balaban J connectivity index is 1.80. The molecule has 1 heterocycles. The van der Waals surface area contributed by atoms with Crippen LogP contribution in [0.2, 0.25) is 0 Å². The van der Waals surface area contributed by atoms with Crippen LogP contribution >= 0.6 is 0 Å². The molecule has 0 aromatic heterocycles. The zero-order valence-electron chi connectivity index (χ0n) is 16.4. The average Bonchev–Trinajstić information content (AvgIpc) is 2.75. The maximum atomic E-state index is 11.7. The quantitative estimate of drug-likeness (QED) is 0.147. The van der Waals surface area contributed by atoms with E-state index in [4.69, 9.17) is 14.2 Å². The molecular formula is C19H24O12. The zero-order chi connectivity index (χ0) is 23.1. The lowest BCUT2D eigenvalue weighted by molar-refractivity contribution is -0.298. The maximum absolute atomic E-state index is 11.7. The molecule has 6 N–H and O–H groups in total. The summed E-state index contributed by atoms with van der Waals surface area (Å²) in [5, 5.41) is 58.0. The van der Waals surface area contributed by atoms with Gasteiger partial charge in [0.25, 0.3) is 0 Å². The second-order valence-corrected chi connectivity index (χ2v) is 6.62. The van der Waals surface area contributed by atoms with Crippen molar-refractivity contribution in [3.63, 3.8) is 0 Å². The van der Waals surface area contributed by atoms with E-state index in [0.29, 0.717) is 5.56 Å². The molecule has 12 nitrogen and oxygen atoms in total. The van der Waals surface area contributed by atoms with Crippen molar-refractivity contribution in [3.8, 4) is 11.5 Å². The van der Waals surface area contributed by atoms with Crippen LogP contribution in [0.25, 0.3) is 6.08 Å². The summed E-state index contributed by atoms with van der Waals surface area (Å²) in [5.41, 5.74) is 0.417. The first-order chi connectivity index (χ1) is 14.6. The Morgan fingerprint density at radius 2 is 1.81 bits per heavy atom. The number of benzene rings is 1. The molecule has 0 bridgehead atoms. The number of phenols is 2. The van der Waals surface area contributed by atoms with Crippen LogP contribution in [-0.4, -0.2) is 99.7 Å². The molecule has 172 valence electrons. The summed E-state index contributed by atoms with van der Waals surface area (Å²) >= 11 is 0. The van der Waals surface area contributed by atoms with Crippen molar-refractivity contribution in [2.24, 2.45) is 0 Å². The Morgan fingerprint density at radius 3 is 2.45 bits per heavy atom. The van der Waals surface area contributed by atoms with Gasteiger partial charge in [0, 0.05) is 6.08 Å². The van der Waals surface area contributed by atoms with Gasteiger partial charge in [-0.15, -0.1) is 0 Å². The third-order valence-electron chi connectivity index (χ3n) is 4.29. The summed E-state index contributed by atoms with van der Waals surface area (Å²) in [6.45, 7) is -0.986. The third kappa shape index (κ3) is 6.62. The maximum Gasteiger partial charge on any atom is 0.337 e. The minimum Gasteiger partial charge on any atom is -0.504 e. The van der Waals surface area contributed by atoms with Crippen LogP contribution in [0.15, 0.2) is 24.3 Å². The molecule has 12 heteroatoms. The molecule has 0 amide bonds. The molecule has 1 saturated heterocycles. The molecule has 0 radical (unpaired) electrons. The van der Waals surface area contributed by atoms with Crippen molar-refractivity contribution in [3.05, 3.63) is 29.8 Å².